The fourth-order valence-corrected chi connectivity index (χ4v) is 2.03. The van der Waals surface area contributed by atoms with E-state index >= 15 is 0 Å². The van der Waals surface area contributed by atoms with Gasteiger partial charge in [0.25, 0.3) is 4.97 Å². The fraction of sp³-hybridized carbons (Fsp3) is 0.125. The molecule has 1 rings (SSSR count). The molecule has 0 heterocycles. The minimum atomic E-state index is -2.83. The molecule has 0 aliphatic rings. The summed E-state index contributed by atoms with van der Waals surface area (Å²) in [6.07, 6.45) is 0. The number of carbonyl (C=O) groups is 1. The molecule has 0 saturated heterocycles. The van der Waals surface area contributed by atoms with E-state index in [2.05, 4.69) is 0 Å². The zero-order chi connectivity index (χ0) is 10.8. The van der Waals surface area contributed by atoms with Crippen LogP contribution in [0.15, 0.2) is 24.3 Å². The summed E-state index contributed by atoms with van der Waals surface area (Å²) in [5.41, 5.74) is 0.433. The standard InChI is InChI=1S/C8H7Cl2O2PS/c1-6(11)7-4-2-3-5-8(7)12-13(9,10)14/h2-5H,1H3. The zero-order valence-electron chi connectivity index (χ0n) is 7.24. The maximum absolute atomic E-state index is 11.2. The molecule has 6 heteroatoms. The normalized spacial score (nSPS) is 11.1. The van der Waals surface area contributed by atoms with Gasteiger partial charge in [0.15, 0.2) is 5.78 Å². The molecule has 0 amide bonds. The van der Waals surface area contributed by atoms with Crippen molar-refractivity contribution in [2.75, 3.05) is 0 Å². The molecule has 0 radical (unpaired) electrons. The van der Waals surface area contributed by atoms with Gasteiger partial charge in [-0.25, -0.2) is 0 Å². The third-order valence-corrected chi connectivity index (χ3v) is 2.52. The first kappa shape index (κ1) is 12.0. The third-order valence-electron chi connectivity index (χ3n) is 1.47. The van der Waals surface area contributed by atoms with Gasteiger partial charge in [-0.2, -0.15) is 0 Å². The highest BCUT2D eigenvalue weighted by Gasteiger charge is 2.15. The van der Waals surface area contributed by atoms with Gasteiger partial charge in [-0.15, -0.1) is 0 Å². The van der Waals surface area contributed by atoms with E-state index in [-0.39, 0.29) is 5.78 Å². The van der Waals surface area contributed by atoms with Crippen LogP contribution in [0.5, 0.6) is 5.75 Å². The van der Waals surface area contributed by atoms with E-state index in [1.54, 1.807) is 24.3 Å². The summed E-state index contributed by atoms with van der Waals surface area (Å²) in [6.45, 7) is 1.44. The number of carbonyl (C=O) groups excluding carboxylic acids is 1. The van der Waals surface area contributed by atoms with Crippen molar-refractivity contribution in [2.45, 2.75) is 6.92 Å². The van der Waals surface area contributed by atoms with Gasteiger partial charge in [-0.05, 0) is 53.3 Å². The Balaban J connectivity index is 3.08. The van der Waals surface area contributed by atoms with Gasteiger partial charge in [-0.3, -0.25) is 4.79 Å². The molecule has 0 saturated carbocycles. The second kappa shape index (κ2) is 4.63. The molecule has 0 spiro atoms. The highest BCUT2D eigenvalue weighted by Crippen LogP contribution is 2.57. The largest absolute Gasteiger partial charge is 0.440 e. The number of para-hydroxylation sites is 1. The van der Waals surface area contributed by atoms with Crippen molar-refractivity contribution in [3.8, 4) is 5.75 Å². The lowest BCUT2D eigenvalue weighted by Crippen LogP contribution is -1.95. The van der Waals surface area contributed by atoms with E-state index in [0.717, 1.165) is 0 Å². The Labute approximate surface area is 96.8 Å². The SMILES string of the molecule is CC(=O)c1ccccc1OP(=S)(Cl)Cl. The van der Waals surface area contributed by atoms with Gasteiger partial charge in [0.05, 0.1) is 5.56 Å². The van der Waals surface area contributed by atoms with Crippen LogP contribution in [0.25, 0.3) is 0 Å². The minimum absolute atomic E-state index is 0.114. The smallest absolute Gasteiger partial charge is 0.289 e. The maximum atomic E-state index is 11.2. The molecule has 0 bridgehead atoms. The molecular weight excluding hydrogens is 262 g/mol. The summed E-state index contributed by atoms with van der Waals surface area (Å²) in [7, 11) is 0. The van der Waals surface area contributed by atoms with Crippen molar-refractivity contribution in [1.82, 2.24) is 0 Å². The Morgan fingerprint density at radius 1 is 1.43 bits per heavy atom. The van der Waals surface area contributed by atoms with E-state index in [0.29, 0.717) is 11.3 Å². The molecule has 1 aromatic carbocycles. The number of Topliss-reactive ketones (excluding diaryl/α,β-unsaturated/α-hetero) is 1. The van der Waals surface area contributed by atoms with Crippen molar-refractivity contribution in [2.24, 2.45) is 0 Å². The molecular formula is C8H7Cl2O2PS. The Kier molecular flexibility index (Phi) is 3.96. The van der Waals surface area contributed by atoms with Crippen LogP contribution in [0, 0.1) is 0 Å². The molecule has 0 atom stereocenters. The monoisotopic (exact) mass is 268 g/mol. The summed E-state index contributed by atoms with van der Waals surface area (Å²) in [5.74, 6) is 0.228. The van der Waals surface area contributed by atoms with Gasteiger partial charge in [0.2, 0.25) is 0 Å². The van der Waals surface area contributed by atoms with Crippen molar-refractivity contribution < 1.29 is 9.32 Å². The van der Waals surface area contributed by atoms with Crippen molar-refractivity contribution >= 4 is 45.0 Å². The second-order valence-corrected chi connectivity index (χ2v) is 9.69. The van der Waals surface area contributed by atoms with Crippen LogP contribution in [0.4, 0.5) is 0 Å². The molecule has 76 valence electrons. The summed E-state index contributed by atoms with van der Waals surface area (Å²) in [5, 5.41) is 0. The van der Waals surface area contributed by atoms with Gasteiger partial charge in [-0.1, -0.05) is 12.1 Å². The number of halogens is 2. The van der Waals surface area contributed by atoms with Gasteiger partial charge >= 0.3 is 0 Å². The lowest BCUT2D eigenvalue weighted by atomic mass is 10.1. The molecule has 0 unspecified atom stereocenters. The Morgan fingerprint density at radius 3 is 2.50 bits per heavy atom. The zero-order valence-corrected chi connectivity index (χ0v) is 10.5. The number of ketones is 1. The summed E-state index contributed by atoms with van der Waals surface area (Å²) in [6, 6.07) is 6.70. The van der Waals surface area contributed by atoms with Crippen molar-refractivity contribution in [3.63, 3.8) is 0 Å². The Morgan fingerprint density at radius 2 is 2.00 bits per heavy atom. The molecule has 0 aliphatic carbocycles. The highest BCUT2D eigenvalue weighted by atomic mass is 35.9. The molecule has 0 aliphatic heterocycles. The quantitative estimate of drug-likeness (QED) is 0.613. The highest BCUT2D eigenvalue weighted by molar-refractivity contribution is 8.36. The molecule has 0 aromatic heterocycles. The van der Waals surface area contributed by atoms with Crippen molar-refractivity contribution in [1.29, 1.82) is 0 Å². The lowest BCUT2D eigenvalue weighted by molar-refractivity contribution is 0.101. The average Bonchev–Trinajstić information content (AvgIpc) is 2.01. The van der Waals surface area contributed by atoms with E-state index in [9.17, 15) is 4.79 Å². The van der Waals surface area contributed by atoms with Gasteiger partial charge in [0, 0.05) is 0 Å². The third kappa shape index (κ3) is 3.58. The van der Waals surface area contributed by atoms with E-state index in [4.69, 9.17) is 38.8 Å². The minimum Gasteiger partial charge on any atom is -0.440 e. The predicted octanol–water partition coefficient (Wildman–Crippen LogP) is 3.97. The van der Waals surface area contributed by atoms with Crippen LogP contribution in [0.2, 0.25) is 0 Å². The van der Waals surface area contributed by atoms with Crippen LogP contribution in [-0.4, -0.2) is 5.78 Å². The topological polar surface area (TPSA) is 26.3 Å². The molecule has 2 nitrogen and oxygen atoms in total. The second-order valence-electron chi connectivity index (χ2n) is 2.56. The molecule has 0 N–H and O–H groups in total. The van der Waals surface area contributed by atoms with E-state index < -0.39 is 4.97 Å². The van der Waals surface area contributed by atoms with E-state index in [1.807, 2.05) is 0 Å². The number of rotatable bonds is 3. The first-order valence-electron chi connectivity index (χ1n) is 3.69. The molecule has 1 aromatic rings. The Hall–Kier alpha value is -0.0800. The first-order chi connectivity index (χ1) is 6.40. The first-order valence-corrected chi connectivity index (χ1v) is 8.22. The molecule has 14 heavy (non-hydrogen) atoms. The predicted molar refractivity (Wildman–Crippen MR) is 63.1 cm³/mol. The van der Waals surface area contributed by atoms with Crippen LogP contribution >= 0.6 is 27.5 Å². The van der Waals surface area contributed by atoms with Gasteiger partial charge in [0.1, 0.15) is 5.75 Å². The maximum Gasteiger partial charge on any atom is 0.289 e. The summed E-state index contributed by atoms with van der Waals surface area (Å²) in [4.78, 5) is 8.34. The number of benzene rings is 1. The van der Waals surface area contributed by atoms with Crippen LogP contribution in [0.1, 0.15) is 17.3 Å². The fourth-order valence-electron chi connectivity index (χ4n) is 0.952. The van der Waals surface area contributed by atoms with E-state index in [1.165, 1.54) is 6.92 Å². The molecule has 0 fully saturated rings. The summed E-state index contributed by atoms with van der Waals surface area (Å²) >= 11 is 15.9. The van der Waals surface area contributed by atoms with Gasteiger partial charge < -0.3 is 4.52 Å². The van der Waals surface area contributed by atoms with Crippen LogP contribution in [-0.2, 0) is 11.8 Å². The van der Waals surface area contributed by atoms with Crippen LogP contribution in [0.3, 0.4) is 0 Å². The van der Waals surface area contributed by atoms with Crippen molar-refractivity contribution in [3.05, 3.63) is 29.8 Å². The summed E-state index contributed by atoms with van der Waals surface area (Å²) < 4.78 is 5.13. The number of hydrogen-bond donors (Lipinski definition) is 0. The average molecular weight is 269 g/mol. The lowest BCUT2D eigenvalue weighted by Gasteiger charge is -2.11. The number of hydrogen-bond acceptors (Lipinski definition) is 3. The Bertz CT molecular complexity index is 402. The van der Waals surface area contributed by atoms with Crippen LogP contribution < -0.4 is 4.52 Å².